The molecule has 2 heterocycles. The van der Waals surface area contributed by atoms with Crippen LogP contribution in [0.5, 0.6) is 0 Å². The van der Waals surface area contributed by atoms with Crippen LogP contribution in [0.2, 0.25) is 0 Å². The summed E-state index contributed by atoms with van der Waals surface area (Å²) in [6.45, 7) is 6.37. The van der Waals surface area contributed by atoms with Gasteiger partial charge >= 0.3 is 0 Å². The third-order valence-electron chi connectivity index (χ3n) is 2.80. The molecule has 100 valence electrons. The molecule has 2 rings (SSSR count). The maximum absolute atomic E-state index is 12.4. The van der Waals surface area contributed by atoms with Crippen LogP contribution in [0, 0.1) is 11.3 Å². The molecule has 6 heteroatoms. The second-order valence-electron chi connectivity index (χ2n) is 4.12. The molecule has 0 amide bonds. The summed E-state index contributed by atoms with van der Waals surface area (Å²) in [6.07, 6.45) is 0.906. The first-order valence-corrected chi connectivity index (χ1v) is 7.89. The second kappa shape index (κ2) is 5.76. The van der Waals surface area contributed by atoms with E-state index >= 15 is 0 Å². The van der Waals surface area contributed by atoms with Gasteiger partial charge in [-0.1, -0.05) is 18.7 Å². The Morgan fingerprint density at radius 1 is 1.58 bits per heavy atom. The van der Waals surface area contributed by atoms with Crippen LogP contribution in [-0.2, 0) is 13.0 Å². The van der Waals surface area contributed by atoms with Crippen LogP contribution in [0.25, 0.3) is 10.2 Å². The van der Waals surface area contributed by atoms with Gasteiger partial charge in [-0.3, -0.25) is 9.36 Å². The predicted molar refractivity (Wildman–Crippen MR) is 79.9 cm³/mol. The van der Waals surface area contributed by atoms with E-state index in [4.69, 9.17) is 5.26 Å². The topological polar surface area (TPSA) is 58.7 Å². The van der Waals surface area contributed by atoms with Crippen LogP contribution < -0.4 is 5.56 Å². The normalized spacial score (nSPS) is 12.5. The predicted octanol–water partition coefficient (Wildman–Crippen LogP) is 3.04. The molecule has 4 nitrogen and oxygen atoms in total. The molecule has 19 heavy (non-hydrogen) atoms. The number of hydrogen-bond acceptors (Lipinski definition) is 5. The molecule has 0 aliphatic carbocycles. The van der Waals surface area contributed by atoms with Crippen LogP contribution >= 0.6 is 23.1 Å². The molecular weight excluding hydrogens is 278 g/mol. The van der Waals surface area contributed by atoms with Crippen LogP contribution in [-0.4, -0.2) is 14.8 Å². The Bertz CT molecular complexity index is 696. The maximum Gasteiger partial charge on any atom is 0.262 e. The lowest BCUT2D eigenvalue weighted by Crippen LogP contribution is -2.22. The Morgan fingerprint density at radius 2 is 2.32 bits per heavy atom. The highest BCUT2D eigenvalue weighted by molar-refractivity contribution is 8.00. The fourth-order valence-corrected chi connectivity index (χ4v) is 3.64. The maximum atomic E-state index is 12.4. The van der Waals surface area contributed by atoms with Crippen molar-refractivity contribution >= 4 is 33.3 Å². The lowest BCUT2D eigenvalue weighted by molar-refractivity contribution is 0.635. The summed E-state index contributed by atoms with van der Waals surface area (Å²) in [6, 6.07) is 4.09. The summed E-state index contributed by atoms with van der Waals surface area (Å²) >= 11 is 2.90. The third-order valence-corrected chi connectivity index (χ3v) is 4.95. The molecule has 2 aromatic heterocycles. The van der Waals surface area contributed by atoms with Crippen molar-refractivity contribution < 1.29 is 0 Å². The molecule has 0 aliphatic heterocycles. The minimum Gasteiger partial charge on any atom is -0.287 e. The molecular formula is C13H15N3OS2. The zero-order valence-corrected chi connectivity index (χ0v) is 12.8. The van der Waals surface area contributed by atoms with Crippen molar-refractivity contribution in [2.75, 3.05) is 0 Å². The molecule has 0 saturated heterocycles. The summed E-state index contributed by atoms with van der Waals surface area (Å²) in [7, 11) is 0. The van der Waals surface area contributed by atoms with E-state index < -0.39 is 0 Å². The lowest BCUT2D eigenvalue weighted by Gasteiger charge is -2.10. The number of aromatic nitrogens is 2. The number of aryl methyl sites for hydroxylation is 1. The van der Waals surface area contributed by atoms with Gasteiger partial charge in [0.25, 0.3) is 5.56 Å². The lowest BCUT2D eigenvalue weighted by atomic mass is 10.3. The summed E-state index contributed by atoms with van der Waals surface area (Å²) in [5.41, 5.74) is -0.00362. The highest BCUT2D eigenvalue weighted by atomic mass is 32.2. The van der Waals surface area contributed by atoms with Gasteiger partial charge in [-0.05, 0) is 26.3 Å². The van der Waals surface area contributed by atoms with Crippen molar-refractivity contribution in [2.24, 2.45) is 0 Å². The zero-order chi connectivity index (χ0) is 14.0. The van der Waals surface area contributed by atoms with E-state index in [1.807, 2.05) is 19.9 Å². The number of rotatable bonds is 4. The fraction of sp³-hybridized carbons (Fsp3) is 0.462. The molecule has 0 unspecified atom stereocenters. The minimum atomic E-state index is -0.215. The van der Waals surface area contributed by atoms with Gasteiger partial charge < -0.3 is 0 Å². The number of thioether (sulfide) groups is 1. The van der Waals surface area contributed by atoms with Crippen LogP contribution in [0.4, 0.5) is 0 Å². The molecule has 0 bridgehead atoms. The van der Waals surface area contributed by atoms with Gasteiger partial charge in [-0.2, -0.15) is 5.26 Å². The Labute approximate surface area is 120 Å². The molecule has 0 spiro atoms. The van der Waals surface area contributed by atoms with E-state index in [9.17, 15) is 4.79 Å². The average Bonchev–Trinajstić information content (AvgIpc) is 2.82. The van der Waals surface area contributed by atoms with Crippen LogP contribution in [0.15, 0.2) is 16.0 Å². The van der Waals surface area contributed by atoms with Crippen molar-refractivity contribution in [3.05, 3.63) is 21.3 Å². The monoisotopic (exact) mass is 293 g/mol. The largest absolute Gasteiger partial charge is 0.287 e. The molecule has 0 aromatic carbocycles. The van der Waals surface area contributed by atoms with Crippen LogP contribution in [0.3, 0.4) is 0 Å². The van der Waals surface area contributed by atoms with Crippen LogP contribution in [0.1, 0.15) is 25.6 Å². The van der Waals surface area contributed by atoms with Crippen molar-refractivity contribution in [3.63, 3.8) is 0 Å². The first kappa shape index (κ1) is 14.1. The van der Waals surface area contributed by atoms with E-state index in [2.05, 4.69) is 18.0 Å². The Balaban J connectivity index is 2.63. The Hall–Kier alpha value is -1.32. The SMILES string of the molecule is CCc1cc2c(=O)n(CC)c(S[C@H](C)C#N)nc2s1. The van der Waals surface area contributed by atoms with Gasteiger partial charge in [0.15, 0.2) is 5.16 Å². The summed E-state index contributed by atoms with van der Waals surface area (Å²) < 4.78 is 1.65. The molecule has 0 saturated carbocycles. The van der Waals surface area contributed by atoms with Gasteiger partial charge in [0.2, 0.25) is 0 Å². The Kier molecular flexibility index (Phi) is 4.27. The summed E-state index contributed by atoms with van der Waals surface area (Å²) in [4.78, 5) is 18.9. The third kappa shape index (κ3) is 2.67. The highest BCUT2D eigenvalue weighted by Gasteiger charge is 2.15. The van der Waals surface area contributed by atoms with Gasteiger partial charge in [0.1, 0.15) is 4.83 Å². The zero-order valence-electron chi connectivity index (χ0n) is 11.1. The number of nitrogens with zero attached hydrogens (tertiary/aromatic N) is 3. The van der Waals surface area contributed by atoms with E-state index in [1.54, 1.807) is 15.9 Å². The van der Waals surface area contributed by atoms with Gasteiger partial charge in [0, 0.05) is 11.4 Å². The van der Waals surface area contributed by atoms with E-state index in [0.29, 0.717) is 17.1 Å². The van der Waals surface area contributed by atoms with Gasteiger partial charge in [0.05, 0.1) is 16.7 Å². The van der Waals surface area contributed by atoms with Gasteiger partial charge in [-0.15, -0.1) is 11.3 Å². The first-order chi connectivity index (χ1) is 9.10. The molecule has 0 radical (unpaired) electrons. The van der Waals surface area contributed by atoms with E-state index in [-0.39, 0.29) is 10.8 Å². The Morgan fingerprint density at radius 3 is 2.89 bits per heavy atom. The van der Waals surface area contributed by atoms with E-state index in [1.165, 1.54) is 11.8 Å². The molecule has 0 fully saturated rings. The minimum absolute atomic E-state index is 0.00362. The average molecular weight is 293 g/mol. The molecule has 2 aromatic rings. The highest BCUT2D eigenvalue weighted by Crippen LogP contribution is 2.26. The number of thiophene rings is 1. The number of nitriles is 1. The van der Waals surface area contributed by atoms with Crippen molar-refractivity contribution in [1.29, 1.82) is 5.26 Å². The molecule has 1 atom stereocenters. The first-order valence-electron chi connectivity index (χ1n) is 6.20. The number of hydrogen-bond donors (Lipinski definition) is 0. The summed E-state index contributed by atoms with van der Waals surface area (Å²) in [5, 5.41) is 10.0. The smallest absolute Gasteiger partial charge is 0.262 e. The summed E-state index contributed by atoms with van der Waals surface area (Å²) in [5.74, 6) is 0. The van der Waals surface area contributed by atoms with Crippen molar-refractivity contribution in [3.8, 4) is 6.07 Å². The molecule has 0 N–H and O–H groups in total. The quantitative estimate of drug-likeness (QED) is 0.642. The van der Waals surface area contributed by atoms with E-state index in [0.717, 1.165) is 16.1 Å². The number of fused-ring (bicyclic) bond motifs is 1. The standard InChI is InChI=1S/C13H15N3OS2/c1-4-9-6-10-11(19-9)15-13(18-8(3)7-14)16(5-2)12(10)17/h6,8H,4-5H2,1-3H3/t8-/m1/s1. The second-order valence-corrected chi connectivity index (χ2v) is 6.54. The molecule has 0 aliphatic rings. The fourth-order valence-electron chi connectivity index (χ4n) is 1.77. The van der Waals surface area contributed by atoms with Crippen molar-refractivity contribution in [2.45, 2.75) is 44.1 Å². The van der Waals surface area contributed by atoms with Crippen molar-refractivity contribution in [1.82, 2.24) is 9.55 Å². The van der Waals surface area contributed by atoms with Gasteiger partial charge in [-0.25, -0.2) is 4.98 Å².